The SMILES string of the molecule is CCCCCn1c(C(N)CCC)nc2cc(C)ccc21. The van der Waals surface area contributed by atoms with Crippen LogP contribution in [0.25, 0.3) is 11.0 Å². The molecular formula is C17H27N3. The van der Waals surface area contributed by atoms with Crippen molar-refractivity contribution >= 4 is 11.0 Å². The Morgan fingerprint density at radius 3 is 2.70 bits per heavy atom. The molecular weight excluding hydrogens is 246 g/mol. The van der Waals surface area contributed by atoms with Crippen molar-refractivity contribution in [3.8, 4) is 0 Å². The maximum Gasteiger partial charge on any atom is 0.126 e. The Morgan fingerprint density at radius 1 is 1.20 bits per heavy atom. The van der Waals surface area contributed by atoms with Crippen molar-refractivity contribution in [1.29, 1.82) is 0 Å². The zero-order chi connectivity index (χ0) is 14.5. The molecule has 0 saturated carbocycles. The molecule has 2 aromatic rings. The van der Waals surface area contributed by atoms with E-state index >= 15 is 0 Å². The minimum absolute atomic E-state index is 0.0503. The van der Waals surface area contributed by atoms with E-state index in [1.807, 2.05) is 0 Å². The summed E-state index contributed by atoms with van der Waals surface area (Å²) in [4.78, 5) is 4.81. The first-order chi connectivity index (χ1) is 9.67. The van der Waals surface area contributed by atoms with Crippen molar-refractivity contribution in [1.82, 2.24) is 9.55 Å². The number of hydrogen-bond donors (Lipinski definition) is 1. The molecule has 0 fully saturated rings. The zero-order valence-electron chi connectivity index (χ0n) is 13.0. The van der Waals surface area contributed by atoms with Gasteiger partial charge < -0.3 is 10.3 Å². The Balaban J connectivity index is 2.39. The van der Waals surface area contributed by atoms with Crippen LogP contribution in [0.5, 0.6) is 0 Å². The summed E-state index contributed by atoms with van der Waals surface area (Å²) in [5, 5.41) is 0. The predicted molar refractivity (Wildman–Crippen MR) is 85.8 cm³/mol. The number of fused-ring (bicyclic) bond motifs is 1. The summed E-state index contributed by atoms with van der Waals surface area (Å²) >= 11 is 0. The van der Waals surface area contributed by atoms with Gasteiger partial charge in [0.1, 0.15) is 5.82 Å². The summed E-state index contributed by atoms with van der Waals surface area (Å²) in [5.41, 5.74) is 9.90. The third-order valence-corrected chi connectivity index (χ3v) is 3.85. The van der Waals surface area contributed by atoms with E-state index in [4.69, 9.17) is 10.7 Å². The highest BCUT2D eigenvalue weighted by atomic mass is 15.1. The molecule has 3 nitrogen and oxygen atoms in total. The van der Waals surface area contributed by atoms with Crippen molar-refractivity contribution in [3.63, 3.8) is 0 Å². The van der Waals surface area contributed by atoms with Crippen LogP contribution < -0.4 is 5.73 Å². The van der Waals surface area contributed by atoms with E-state index in [9.17, 15) is 0 Å². The van der Waals surface area contributed by atoms with Gasteiger partial charge >= 0.3 is 0 Å². The predicted octanol–water partition coefficient (Wildman–Crippen LogP) is 4.33. The Hall–Kier alpha value is -1.35. The topological polar surface area (TPSA) is 43.8 Å². The summed E-state index contributed by atoms with van der Waals surface area (Å²) in [7, 11) is 0. The van der Waals surface area contributed by atoms with E-state index in [2.05, 4.69) is 43.5 Å². The van der Waals surface area contributed by atoms with Crippen molar-refractivity contribution in [2.45, 2.75) is 65.5 Å². The van der Waals surface area contributed by atoms with Crippen LogP contribution in [-0.2, 0) is 6.54 Å². The maximum atomic E-state index is 6.33. The van der Waals surface area contributed by atoms with E-state index in [1.54, 1.807) is 0 Å². The van der Waals surface area contributed by atoms with Crippen LogP contribution in [0, 0.1) is 6.92 Å². The lowest BCUT2D eigenvalue weighted by Gasteiger charge is -2.14. The summed E-state index contributed by atoms with van der Waals surface area (Å²) in [6.45, 7) is 7.55. The number of nitrogens with two attached hydrogens (primary N) is 1. The Labute approximate surface area is 122 Å². The van der Waals surface area contributed by atoms with Gasteiger partial charge in [0.2, 0.25) is 0 Å². The number of aromatic nitrogens is 2. The van der Waals surface area contributed by atoms with Gasteiger partial charge in [-0.2, -0.15) is 0 Å². The van der Waals surface area contributed by atoms with Gasteiger partial charge in [0, 0.05) is 6.54 Å². The molecule has 0 spiro atoms. The molecule has 0 amide bonds. The molecule has 0 aliphatic rings. The number of imidazole rings is 1. The molecule has 1 aromatic heterocycles. The first-order valence-electron chi connectivity index (χ1n) is 7.89. The van der Waals surface area contributed by atoms with E-state index < -0.39 is 0 Å². The molecule has 20 heavy (non-hydrogen) atoms. The van der Waals surface area contributed by atoms with Crippen molar-refractivity contribution in [3.05, 3.63) is 29.6 Å². The molecule has 110 valence electrons. The third kappa shape index (κ3) is 3.21. The van der Waals surface area contributed by atoms with Crippen molar-refractivity contribution < 1.29 is 0 Å². The lowest BCUT2D eigenvalue weighted by atomic mass is 10.1. The van der Waals surface area contributed by atoms with Gasteiger partial charge in [0.25, 0.3) is 0 Å². The van der Waals surface area contributed by atoms with Gasteiger partial charge in [-0.05, 0) is 37.5 Å². The number of benzene rings is 1. The lowest BCUT2D eigenvalue weighted by molar-refractivity contribution is 0.533. The third-order valence-electron chi connectivity index (χ3n) is 3.85. The molecule has 0 aliphatic carbocycles. The summed E-state index contributed by atoms with van der Waals surface area (Å²) < 4.78 is 2.34. The number of hydrogen-bond acceptors (Lipinski definition) is 2. The van der Waals surface area contributed by atoms with Gasteiger partial charge in [0.05, 0.1) is 17.1 Å². The Kier molecular flexibility index (Phi) is 5.18. The van der Waals surface area contributed by atoms with E-state index in [0.717, 1.165) is 30.7 Å². The standard InChI is InChI=1S/C17H27N3/c1-4-6-7-11-20-16-10-9-13(3)12-15(16)19-17(20)14(18)8-5-2/h9-10,12,14H,4-8,11,18H2,1-3H3. The van der Waals surface area contributed by atoms with E-state index in [0.29, 0.717) is 0 Å². The van der Waals surface area contributed by atoms with Gasteiger partial charge in [-0.3, -0.25) is 0 Å². The number of rotatable bonds is 7. The molecule has 2 rings (SSSR count). The molecule has 0 radical (unpaired) electrons. The normalized spacial score (nSPS) is 13.0. The van der Waals surface area contributed by atoms with Gasteiger partial charge in [-0.1, -0.05) is 39.2 Å². The van der Waals surface area contributed by atoms with Gasteiger partial charge in [-0.15, -0.1) is 0 Å². The molecule has 3 heteroatoms. The average Bonchev–Trinajstić information content (AvgIpc) is 2.77. The smallest absolute Gasteiger partial charge is 0.126 e. The second-order valence-electron chi connectivity index (χ2n) is 5.72. The van der Waals surface area contributed by atoms with Crippen LogP contribution in [0.3, 0.4) is 0 Å². The molecule has 0 bridgehead atoms. The minimum atomic E-state index is 0.0503. The van der Waals surface area contributed by atoms with Crippen molar-refractivity contribution in [2.24, 2.45) is 5.73 Å². The molecule has 1 unspecified atom stereocenters. The molecule has 0 aliphatic heterocycles. The summed E-state index contributed by atoms with van der Waals surface area (Å²) in [5.74, 6) is 1.06. The summed E-state index contributed by atoms with van der Waals surface area (Å²) in [6.07, 6.45) is 5.78. The molecule has 2 N–H and O–H groups in total. The maximum absolute atomic E-state index is 6.33. The minimum Gasteiger partial charge on any atom is -0.327 e. The second kappa shape index (κ2) is 6.89. The highest BCUT2D eigenvalue weighted by Gasteiger charge is 2.16. The quantitative estimate of drug-likeness (QED) is 0.763. The molecule has 0 saturated heterocycles. The van der Waals surface area contributed by atoms with Crippen LogP contribution in [0.1, 0.15) is 63.4 Å². The number of aryl methyl sites for hydroxylation is 2. The Morgan fingerprint density at radius 2 is 2.00 bits per heavy atom. The highest BCUT2D eigenvalue weighted by molar-refractivity contribution is 5.77. The van der Waals surface area contributed by atoms with Crippen LogP contribution in [0.2, 0.25) is 0 Å². The van der Waals surface area contributed by atoms with Gasteiger partial charge in [0.15, 0.2) is 0 Å². The fourth-order valence-electron chi connectivity index (χ4n) is 2.74. The zero-order valence-corrected chi connectivity index (χ0v) is 13.0. The largest absolute Gasteiger partial charge is 0.327 e. The van der Waals surface area contributed by atoms with Crippen LogP contribution in [-0.4, -0.2) is 9.55 Å². The number of nitrogens with zero attached hydrogens (tertiary/aromatic N) is 2. The lowest BCUT2D eigenvalue weighted by Crippen LogP contribution is -2.16. The average molecular weight is 273 g/mol. The first-order valence-corrected chi connectivity index (χ1v) is 7.89. The van der Waals surface area contributed by atoms with Crippen LogP contribution in [0.4, 0.5) is 0 Å². The molecule has 1 atom stereocenters. The van der Waals surface area contributed by atoms with Crippen LogP contribution in [0.15, 0.2) is 18.2 Å². The second-order valence-corrected chi connectivity index (χ2v) is 5.72. The van der Waals surface area contributed by atoms with Crippen molar-refractivity contribution in [2.75, 3.05) is 0 Å². The monoisotopic (exact) mass is 273 g/mol. The molecule has 1 heterocycles. The first kappa shape index (κ1) is 15.0. The number of unbranched alkanes of at least 4 members (excludes halogenated alkanes) is 2. The van der Waals surface area contributed by atoms with E-state index in [1.165, 1.54) is 30.3 Å². The summed E-state index contributed by atoms with van der Waals surface area (Å²) in [6, 6.07) is 6.56. The molecule has 1 aromatic carbocycles. The fourth-order valence-corrected chi connectivity index (χ4v) is 2.74. The van der Waals surface area contributed by atoms with E-state index in [-0.39, 0.29) is 6.04 Å². The Bertz CT molecular complexity index is 557. The van der Waals surface area contributed by atoms with Gasteiger partial charge in [-0.25, -0.2) is 4.98 Å². The fraction of sp³-hybridized carbons (Fsp3) is 0.588. The van der Waals surface area contributed by atoms with Crippen LogP contribution >= 0.6 is 0 Å². The highest BCUT2D eigenvalue weighted by Crippen LogP contribution is 2.24.